The highest BCUT2D eigenvalue weighted by Crippen LogP contribution is 2.26. The lowest BCUT2D eigenvalue weighted by atomic mass is 10.1. The van der Waals surface area contributed by atoms with Gasteiger partial charge in [0.2, 0.25) is 0 Å². The molecule has 4 rings (SSSR count). The fourth-order valence-corrected chi connectivity index (χ4v) is 4.19. The minimum absolute atomic E-state index is 0.276. The summed E-state index contributed by atoms with van der Waals surface area (Å²) in [7, 11) is 0. The van der Waals surface area contributed by atoms with E-state index in [0.717, 1.165) is 24.5 Å². The van der Waals surface area contributed by atoms with E-state index in [0.29, 0.717) is 39.6 Å². The van der Waals surface area contributed by atoms with Gasteiger partial charge in [0.25, 0.3) is 11.8 Å². The molecule has 0 saturated carbocycles. The Morgan fingerprint density at radius 2 is 1.59 bits per heavy atom. The van der Waals surface area contributed by atoms with Gasteiger partial charge in [-0.1, -0.05) is 29.3 Å². The van der Waals surface area contributed by atoms with Gasteiger partial charge >= 0.3 is 0 Å². The number of aromatic nitrogens is 1. The van der Waals surface area contributed by atoms with Crippen LogP contribution in [0.4, 0.5) is 17.2 Å². The van der Waals surface area contributed by atoms with Crippen molar-refractivity contribution in [2.75, 3.05) is 28.6 Å². The normalized spacial score (nSPS) is 17.8. The Morgan fingerprint density at radius 1 is 0.941 bits per heavy atom. The maximum absolute atomic E-state index is 12.8. The van der Waals surface area contributed by atoms with Crippen LogP contribution in [0.25, 0.3) is 0 Å². The van der Waals surface area contributed by atoms with Crippen molar-refractivity contribution in [3.8, 4) is 0 Å². The van der Waals surface area contributed by atoms with Gasteiger partial charge in [0.15, 0.2) is 0 Å². The number of pyridine rings is 1. The lowest BCUT2D eigenvalue weighted by Gasteiger charge is -2.36. The number of carbonyl (C=O) groups is 2. The molecule has 1 aliphatic rings. The number of nitrogens with zero attached hydrogens (tertiary/aromatic N) is 2. The van der Waals surface area contributed by atoms with Gasteiger partial charge in [-0.2, -0.15) is 0 Å². The number of rotatable bonds is 5. The molecule has 2 unspecified atom stereocenters. The van der Waals surface area contributed by atoms with Crippen LogP contribution in [0.15, 0.2) is 60.8 Å². The van der Waals surface area contributed by atoms with E-state index in [1.165, 1.54) is 0 Å². The van der Waals surface area contributed by atoms with Gasteiger partial charge in [-0.25, -0.2) is 4.98 Å². The van der Waals surface area contributed by atoms with Crippen LogP contribution in [0.2, 0.25) is 5.02 Å². The van der Waals surface area contributed by atoms with E-state index in [4.69, 9.17) is 11.6 Å². The van der Waals surface area contributed by atoms with E-state index < -0.39 is 0 Å². The third-order valence-electron chi connectivity index (χ3n) is 5.68. The Balaban J connectivity index is 1.43. The van der Waals surface area contributed by atoms with Crippen LogP contribution >= 0.6 is 11.6 Å². The Labute approximate surface area is 204 Å². The van der Waals surface area contributed by atoms with E-state index in [1.807, 2.05) is 25.1 Å². The predicted molar refractivity (Wildman–Crippen MR) is 137 cm³/mol. The zero-order valence-electron chi connectivity index (χ0n) is 19.4. The summed E-state index contributed by atoms with van der Waals surface area (Å²) in [6.45, 7) is 7.98. The topological polar surface area (TPSA) is 86.4 Å². The SMILES string of the molecule is Cc1ccc(C(=O)Nc2cc(NC(=O)c3ccc(N4CC(C)NC(C)C4)nc3)ccc2Cl)cc1. The van der Waals surface area contributed by atoms with Gasteiger partial charge in [-0.15, -0.1) is 0 Å². The number of carbonyl (C=O) groups excluding carboxylic acids is 2. The van der Waals surface area contributed by atoms with Crippen LogP contribution in [0, 0.1) is 6.92 Å². The van der Waals surface area contributed by atoms with Crippen LogP contribution in [0.1, 0.15) is 40.1 Å². The number of benzene rings is 2. The molecular weight excluding hydrogens is 450 g/mol. The predicted octanol–water partition coefficient (Wildman–Crippen LogP) is 4.73. The Bertz CT molecular complexity index is 1170. The van der Waals surface area contributed by atoms with E-state index in [1.54, 1.807) is 42.6 Å². The van der Waals surface area contributed by atoms with Gasteiger partial charge in [0.1, 0.15) is 5.82 Å². The molecule has 0 aliphatic carbocycles. The molecule has 1 fully saturated rings. The number of nitrogens with one attached hydrogen (secondary N) is 3. The first-order chi connectivity index (χ1) is 16.3. The molecule has 2 atom stereocenters. The number of halogens is 1. The van der Waals surface area contributed by atoms with Crippen LogP contribution in [0.5, 0.6) is 0 Å². The number of amides is 2. The Kier molecular flexibility index (Phi) is 7.14. The number of aryl methyl sites for hydroxylation is 1. The van der Waals surface area contributed by atoms with Crippen LogP contribution in [0.3, 0.4) is 0 Å². The molecule has 176 valence electrons. The first-order valence-electron chi connectivity index (χ1n) is 11.2. The number of hydrogen-bond acceptors (Lipinski definition) is 5. The van der Waals surface area contributed by atoms with Crippen molar-refractivity contribution in [3.63, 3.8) is 0 Å². The molecule has 1 saturated heterocycles. The van der Waals surface area contributed by atoms with Gasteiger partial charge in [0, 0.05) is 42.6 Å². The maximum atomic E-state index is 12.8. The molecule has 1 aromatic heterocycles. The fourth-order valence-electron chi connectivity index (χ4n) is 4.02. The van der Waals surface area contributed by atoms with Gasteiger partial charge in [0.05, 0.1) is 16.3 Å². The van der Waals surface area contributed by atoms with Crippen molar-refractivity contribution in [1.29, 1.82) is 0 Å². The number of anilines is 3. The highest BCUT2D eigenvalue weighted by atomic mass is 35.5. The molecule has 34 heavy (non-hydrogen) atoms. The lowest BCUT2D eigenvalue weighted by molar-refractivity contribution is 0.101. The Morgan fingerprint density at radius 3 is 2.24 bits per heavy atom. The van der Waals surface area contributed by atoms with Gasteiger partial charge in [-0.05, 0) is 63.2 Å². The van der Waals surface area contributed by atoms with Crippen molar-refractivity contribution < 1.29 is 9.59 Å². The van der Waals surface area contributed by atoms with E-state index >= 15 is 0 Å². The largest absolute Gasteiger partial charge is 0.354 e. The minimum Gasteiger partial charge on any atom is -0.354 e. The summed E-state index contributed by atoms with van der Waals surface area (Å²) in [5.41, 5.74) is 2.97. The molecule has 2 amide bonds. The zero-order valence-corrected chi connectivity index (χ0v) is 20.2. The highest BCUT2D eigenvalue weighted by Gasteiger charge is 2.22. The average Bonchev–Trinajstić information content (AvgIpc) is 2.81. The second-order valence-electron chi connectivity index (χ2n) is 8.75. The maximum Gasteiger partial charge on any atom is 0.257 e. The fraction of sp³-hybridized carbons (Fsp3) is 0.269. The van der Waals surface area contributed by atoms with Gasteiger partial charge in [-0.3, -0.25) is 9.59 Å². The van der Waals surface area contributed by atoms with Crippen molar-refractivity contribution in [2.24, 2.45) is 0 Å². The third-order valence-corrected chi connectivity index (χ3v) is 6.01. The second kappa shape index (κ2) is 10.2. The molecule has 7 nitrogen and oxygen atoms in total. The number of piperazine rings is 1. The van der Waals surface area contributed by atoms with Gasteiger partial charge < -0.3 is 20.9 Å². The highest BCUT2D eigenvalue weighted by molar-refractivity contribution is 6.34. The van der Waals surface area contributed by atoms with Crippen molar-refractivity contribution in [1.82, 2.24) is 10.3 Å². The lowest BCUT2D eigenvalue weighted by Crippen LogP contribution is -2.54. The molecular formula is C26H28ClN5O2. The summed E-state index contributed by atoms with van der Waals surface area (Å²) in [6.07, 6.45) is 1.58. The summed E-state index contributed by atoms with van der Waals surface area (Å²) in [4.78, 5) is 32.1. The van der Waals surface area contributed by atoms with Crippen molar-refractivity contribution in [3.05, 3.63) is 82.5 Å². The third kappa shape index (κ3) is 5.73. The summed E-state index contributed by atoms with van der Waals surface area (Å²) in [5, 5.41) is 9.53. The van der Waals surface area contributed by atoms with Crippen LogP contribution < -0.4 is 20.9 Å². The van der Waals surface area contributed by atoms with Crippen LogP contribution in [-0.2, 0) is 0 Å². The van der Waals surface area contributed by atoms with Crippen molar-refractivity contribution >= 4 is 40.6 Å². The number of hydrogen-bond donors (Lipinski definition) is 3. The summed E-state index contributed by atoms with van der Waals surface area (Å²) in [6, 6.07) is 16.6. The average molecular weight is 478 g/mol. The summed E-state index contributed by atoms with van der Waals surface area (Å²) in [5.74, 6) is 0.283. The molecule has 3 aromatic rings. The monoisotopic (exact) mass is 477 g/mol. The molecule has 0 bridgehead atoms. The molecule has 8 heteroatoms. The molecule has 1 aliphatic heterocycles. The second-order valence-corrected chi connectivity index (χ2v) is 9.15. The smallest absolute Gasteiger partial charge is 0.257 e. The standard InChI is InChI=1S/C26H28ClN5O2/c1-16-4-6-19(7-5-16)25(33)31-23-12-21(9-10-22(23)27)30-26(34)20-8-11-24(28-13-20)32-14-17(2)29-18(3)15-32/h4-13,17-18,29H,14-15H2,1-3H3,(H,30,34)(H,31,33). The molecule has 0 spiro atoms. The molecule has 2 heterocycles. The first-order valence-corrected chi connectivity index (χ1v) is 11.6. The van der Waals surface area contributed by atoms with E-state index in [-0.39, 0.29) is 11.8 Å². The van der Waals surface area contributed by atoms with Crippen LogP contribution in [-0.4, -0.2) is 42.0 Å². The van der Waals surface area contributed by atoms with Crippen molar-refractivity contribution in [2.45, 2.75) is 32.9 Å². The molecule has 3 N–H and O–H groups in total. The van der Waals surface area contributed by atoms with E-state index in [2.05, 4.69) is 39.7 Å². The first kappa shape index (κ1) is 23.7. The minimum atomic E-state index is -0.292. The molecule has 0 radical (unpaired) electrons. The summed E-state index contributed by atoms with van der Waals surface area (Å²) < 4.78 is 0. The summed E-state index contributed by atoms with van der Waals surface area (Å²) >= 11 is 6.27. The quantitative estimate of drug-likeness (QED) is 0.494. The zero-order chi connectivity index (χ0) is 24.2. The molecule has 2 aromatic carbocycles. The van der Waals surface area contributed by atoms with E-state index in [9.17, 15) is 9.59 Å². The Hall–Kier alpha value is -3.42.